The van der Waals surface area contributed by atoms with E-state index in [2.05, 4.69) is 38.5 Å². The van der Waals surface area contributed by atoms with Gasteiger partial charge in [0.05, 0.1) is 5.02 Å². The lowest BCUT2D eigenvalue weighted by atomic mass is 10.2. The van der Waals surface area contributed by atoms with Crippen molar-refractivity contribution in [2.24, 2.45) is 5.92 Å². The average Bonchev–Trinajstić information content (AvgIpc) is 2.80. The summed E-state index contributed by atoms with van der Waals surface area (Å²) in [6.07, 6.45) is 1.08. The van der Waals surface area contributed by atoms with Crippen molar-refractivity contribution >= 4 is 56.0 Å². The van der Waals surface area contributed by atoms with E-state index in [1.54, 1.807) is 6.07 Å². The summed E-state index contributed by atoms with van der Waals surface area (Å²) in [5, 5.41) is 1.61. The van der Waals surface area contributed by atoms with Gasteiger partial charge in [-0.1, -0.05) is 27.5 Å². The van der Waals surface area contributed by atoms with Crippen molar-refractivity contribution in [1.29, 1.82) is 0 Å². The average molecular weight is 428 g/mol. The first-order valence-electron chi connectivity index (χ1n) is 5.42. The lowest BCUT2D eigenvalue weighted by Gasteiger charge is -2.16. The maximum Gasteiger partial charge on any atom is 0.253 e. The molecule has 1 atom stereocenters. The molecule has 0 radical (unpaired) electrons. The van der Waals surface area contributed by atoms with E-state index >= 15 is 0 Å². The summed E-state index contributed by atoms with van der Waals surface area (Å²) in [6, 6.07) is 5.48. The normalized spacial score (nSPS) is 19.7. The van der Waals surface area contributed by atoms with E-state index in [0.29, 0.717) is 16.5 Å². The van der Waals surface area contributed by atoms with Gasteiger partial charge < -0.3 is 4.90 Å². The molecule has 1 amide bonds. The zero-order valence-electron chi connectivity index (χ0n) is 9.13. The molecule has 92 valence electrons. The Bertz CT molecular complexity index is 441. The Labute approximate surface area is 128 Å². The third-order valence-corrected chi connectivity index (χ3v) is 5.45. The fourth-order valence-electron chi connectivity index (χ4n) is 1.95. The number of nitrogens with zero attached hydrogens (tertiary/aromatic N) is 1. The summed E-state index contributed by atoms with van der Waals surface area (Å²) in [5.41, 5.74) is 0.686. The first kappa shape index (κ1) is 13.6. The second-order valence-corrected chi connectivity index (χ2v) is 6.41. The van der Waals surface area contributed by atoms with E-state index in [4.69, 9.17) is 11.6 Å². The highest BCUT2D eigenvalue weighted by Crippen LogP contribution is 2.23. The third kappa shape index (κ3) is 3.15. The van der Waals surface area contributed by atoms with Crippen molar-refractivity contribution in [3.05, 3.63) is 32.4 Å². The second kappa shape index (κ2) is 5.89. The van der Waals surface area contributed by atoms with Crippen LogP contribution in [0.5, 0.6) is 0 Å². The molecule has 0 saturated carbocycles. The zero-order valence-corrected chi connectivity index (χ0v) is 13.6. The van der Waals surface area contributed by atoms with Gasteiger partial charge in [0.15, 0.2) is 0 Å². The van der Waals surface area contributed by atoms with Gasteiger partial charge >= 0.3 is 0 Å². The van der Waals surface area contributed by atoms with Gasteiger partial charge in [-0.3, -0.25) is 4.79 Å². The summed E-state index contributed by atoms with van der Waals surface area (Å²) in [6.45, 7) is 1.69. The Balaban J connectivity index is 2.12. The molecule has 1 aromatic carbocycles. The predicted molar refractivity (Wildman–Crippen MR) is 82.0 cm³/mol. The van der Waals surface area contributed by atoms with Crippen molar-refractivity contribution < 1.29 is 4.79 Å². The van der Waals surface area contributed by atoms with Crippen LogP contribution in [0.25, 0.3) is 0 Å². The molecule has 17 heavy (non-hydrogen) atoms. The van der Waals surface area contributed by atoms with Gasteiger partial charge in [-0.25, -0.2) is 0 Å². The summed E-state index contributed by atoms with van der Waals surface area (Å²) in [7, 11) is 0. The number of alkyl halides is 1. The Morgan fingerprint density at radius 3 is 2.94 bits per heavy atom. The Morgan fingerprint density at radius 1 is 1.59 bits per heavy atom. The van der Waals surface area contributed by atoms with Gasteiger partial charge in [0, 0.05) is 27.6 Å². The summed E-state index contributed by atoms with van der Waals surface area (Å²) < 4.78 is 0.973. The number of carbonyl (C=O) groups is 1. The number of halogens is 3. The van der Waals surface area contributed by atoms with E-state index in [9.17, 15) is 4.79 Å². The van der Waals surface area contributed by atoms with Gasteiger partial charge in [0.1, 0.15) is 0 Å². The van der Waals surface area contributed by atoms with Crippen LogP contribution in [0.3, 0.4) is 0 Å². The fourth-order valence-corrected chi connectivity index (χ4v) is 3.00. The van der Waals surface area contributed by atoms with Gasteiger partial charge in [-0.15, -0.1) is 0 Å². The highest BCUT2D eigenvalue weighted by atomic mass is 127. The van der Waals surface area contributed by atoms with E-state index in [1.165, 1.54) is 0 Å². The van der Waals surface area contributed by atoms with E-state index in [-0.39, 0.29) is 5.91 Å². The van der Waals surface area contributed by atoms with Crippen molar-refractivity contribution in [3.8, 4) is 0 Å². The Kier molecular flexibility index (Phi) is 4.72. The van der Waals surface area contributed by atoms with Gasteiger partial charge in [0.2, 0.25) is 0 Å². The third-order valence-electron chi connectivity index (χ3n) is 2.96. The maximum absolute atomic E-state index is 12.2. The fraction of sp³-hybridized carbons (Fsp3) is 0.417. The minimum atomic E-state index is 0.0896. The molecule has 0 spiro atoms. The minimum Gasteiger partial charge on any atom is -0.338 e. The molecule has 1 fully saturated rings. The minimum absolute atomic E-state index is 0.0896. The highest BCUT2D eigenvalue weighted by Gasteiger charge is 2.26. The smallest absolute Gasteiger partial charge is 0.253 e. The molecule has 1 aromatic rings. The van der Waals surface area contributed by atoms with Crippen LogP contribution in [0.1, 0.15) is 16.8 Å². The van der Waals surface area contributed by atoms with Crippen LogP contribution < -0.4 is 0 Å². The first-order chi connectivity index (χ1) is 8.11. The van der Waals surface area contributed by atoms with Gasteiger partial charge in [-0.2, -0.15) is 0 Å². The van der Waals surface area contributed by atoms with Crippen molar-refractivity contribution in [2.75, 3.05) is 18.4 Å². The van der Waals surface area contributed by atoms with Crippen LogP contribution in [0.4, 0.5) is 0 Å². The molecular weight excluding hydrogens is 416 g/mol. The van der Waals surface area contributed by atoms with E-state index in [1.807, 2.05) is 17.0 Å². The number of hydrogen-bond donors (Lipinski definition) is 0. The SMILES string of the molecule is O=C(c1ccc(I)c(Cl)c1)N1CCC(CBr)C1. The monoisotopic (exact) mass is 427 g/mol. The van der Waals surface area contributed by atoms with Crippen molar-refractivity contribution in [1.82, 2.24) is 4.90 Å². The van der Waals surface area contributed by atoms with Crippen LogP contribution in [0.2, 0.25) is 5.02 Å². The van der Waals surface area contributed by atoms with Gasteiger partial charge in [-0.05, 0) is 53.1 Å². The van der Waals surface area contributed by atoms with Crippen molar-refractivity contribution in [2.45, 2.75) is 6.42 Å². The Morgan fingerprint density at radius 2 is 2.35 bits per heavy atom. The number of hydrogen-bond acceptors (Lipinski definition) is 1. The molecular formula is C12H12BrClINO. The number of benzene rings is 1. The largest absolute Gasteiger partial charge is 0.338 e. The molecule has 1 aliphatic rings. The predicted octanol–water partition coefficient (Wildman–Crippen LogP) is 3.80. The molecule has 0 N–H and O–H groups in total. The van der Waals surface area contributed by atoms with E-state index in [0.717, 1.165) is 28.4 Å². The lowest BCUT2D eigenvalue weighted by molar-refractivity contribution is 0.0788. The summed E-state index contributed by atoms with van der Waals surface area (Å²) in [5.74, 6) is 0.671. The molecule has 1 unspecified atom stereocenters. The molecule has 1 heterocycles. The molecule has 1 aliphatic heterocycles. The van der Waals surface area contributed by atoms with Gasteiger partial charge in [0.25, 0.3) is 5.91 Å². The second-order valence-electron chi connectivity index (χ2n) is 4.19. The van der Waals surface area contributed by atoms with Crippen LogP contribution >= 0.6 is 50.1 Å². The molecule has 5 heteroatoms. The molecule has 2 rings (SSSR count). The quantitative estimate of drug-likeness (QED) is 0.518. The van der Waals surface area contributed by atoms with Crippen LogP contribution in [-0.4, -0.2) is 29.2 Å². The number of carbonyl (C=O) groups excluding carboxylic acids is 1. The lowest BCUT2D eigenvalue weighted by Crippen LogP contribution is -2.28. The van der Waals surface area contributed by atoms with Crippen LogP contribution in [0.15, 0.2) is 18.2 Å². The molecule has 0 bridgehead atoms. The molecule has 2 nitrogen and oxygen atoms in total. The summed E-state index contributed by atoms with van der Waals surface area (Å²) >= 11 is 11.7. The number of likely N-dealkylation sites (tertiary alicyclic amines) is 1. The maximum atomic E-state index is 12.2. The van der Waals surface area contributed by atoms with Crippen LogP contribution in [-0.2, 0) is 0 Å². The van der Waals surface area contributed by atoms with E-state index < -0.39 is 0 Å². The number of amides is 1. The van der Waals surface area contributed by atoms with Crippen LogP contribution in [0, 0.1) is 9.49 Å². The summed E-state index contributed by atoms with van der Waals surface area (Å²) in [4.78, 5) is 14.1. The molecule has 0 aliphatic carbocycles. The topological polar surface area (TPSA) is 20.3 Å². The molecule has 1 saturated heterocycles. The molecule has 0 aromatic heterocycles. The Hall–Kier alpha value is 0.190. The standard InChI is InChI=1S/C12H12BrClINO/c13-6-8-3-4-16(7-8)12(17)9-1-2-11(15)10(14)5-9/h1-2,5,8H,3-4,6-7H2. The first-order valence-corrected chi connectivity index (χ1v) is 8.00. The highest BCUT2D eigenvalue weighted by molar-refractivity contribution is 14.1. The zero-order chi connectivity index (χ0) is 12.4. The van der Waals surface area contributed by atoms with Crippen molar-refractivity contribution in [3.63, 3.8) is 0 Å². The number of rotatable bonds is 2.